The molecule has 0 aliphatic heterocycles. The zero-order valence-electron chi connectivity index (χ0n) is 16.4. The summed E-state index contributed by atoms with van der Waals surface area (Å²) in [6.45, 7) is 0. The third-order valence-corrected chi connectivity index (χ3v) is 6.38. The Bertz CT molecular complexity index is 1060. The minimum atomic E-state index is -5.92. The molecule has 3 rings (SSSR count). The van der Waals surface area contributed by atoms with E-state index in [4.69, 9.17) is 0 Å². The lowest BCUT2D eigenvalue weighted by atomic mass is 9.66. The predicted molar refractivity (Wildman–Crippen MR) is 107 cm³/mol. The molecule has 0 saturated heterocycles. The van der Waals surface area contributed by atoms with Gasteiger partial charge in [-0.05, 0) is 42.4 Å². The van der Waals surface area contributed by atoms with E-state index in [0.717, 1.165) is 0 Å². The predicted octanol–water partition coefficient (Wildman–Crippen LogP) is 4.85. The van der Waals surface area contributed by atoms with Gasteiger partial charge < -0.3 is 9.29 Å². The monoisotopic (exact) mass is 454 g/mol. The smallest absolute Gasteiger partial charge is 0.481 e. The molecule has 1 aliphatic carbocycles. The van der Waals surface area contributed by atoms with Crippen LogP contribution in [0.1, 0.15) is 30.4 Å². The molecular weight excluding hydrogens is 433 g/mol. The Morgan fingerprint density at radius 3 is 2.06 bits per heavy atom. The molecule has 1 aliphatic rings. The Morgan fingerprint density at radius 2 is 1.55 bits per heavy atom. The lowest BCUT2D eigenvalue weighted by Crippen LogP contribution is -2.40. The molecule has 0 spiro atoms. The van der Waals surface area contributed by atoms with Crippen molar-refractivity contribution in [3.8, 4) is 0 Å². The van der Waals surface area contributed by atoms with Crippen molar-refractivity contribution in [3.05, 3.63) is 83.1 Å². The van der Waals surface area contributed by atoms with Crippen molar-refractivity contribution in [2.45, 2.75) is 37.6 Å². The second kappa shape index (κ2) is 8.74. The maximum absolute atomic E-state index is 13.0. The van der Waals surface area contributed by atoms with E-state index in [1.807, 2.05) is 0 Å². The van der Waals surface area contributed by atoms with Gasteiger partial charge in [-0.25, -0.2) is 0 Å². The summed E-state index contributed by atoms with van der Waals surface area (Å²) in [5, 5.41) is 10.2. The Balaban J connectivity index is 2.16. The summed E-state index contributed by atoms with van der Waals surface area (Å²) in [6, 6.07) is 17.3. The molecule has 166 valence electrons. The van der Waals surface area contributed by atoms with Gasteiger partial charge in [0.1, 0.15) is 5.76 Å². The lowest BCUT2D eigenvalue weighted by Gasteiger charge is -2.37. The summed E-state index contributed by atoms with van der Waals surface area (Å²) in [4.78, 5) is 12.5. The van der Waals surface area contributed by atoms with Crippen LogP contribution >= 0.6 is 0 Å². The van der Waals surface area contributed by atoms with Crippen molar-refractivity contribution in [2.24, 2.45) is 5.41 Å². The van der Waals surface area contributed by atoms with Crippen LogP contribution in [0.15, 0.2) is 72.0 Å². The molecule has 0 radical (unpaired) electrons. The zero-order chi connectivity index (χ0) is 22.7. The van der Waals surface area contributed by atoms with Crippen LogP contribution in [-0.4, -0.2) is 25.0 Å². The molecular formula is C22H21F3O5S. The van der Waals surface area contributed by atoms with Gasteiger partial charge in [-0.15, -0.1) is 0 Å². The van der Waals surface area contributed by atoms with Gasteiger partial charge in [0.25, 0.3) is 0 Å². The number of carbonyl (C=O) groups is 1. The average Bonchev–Trinajstić information content (AvgIpc) is 2.71. The van der Waals surface area contributed by atoms with Gasteiger partial charge in [0, 0.05) is 6.42 Å². The van der Waals surface area contributed by atoms with Crippen LogP contribution in [0.4, 0.5) is 13.2 Å². The maximum atomic E-state index is 13.0. The fourth-order valence-corrected chi connectivity index (χ4v) is 4.45. The largest absolute Gasteiger partial charge is 0.534 e. The third kappa shape index (κ3) is 4.92. The van der Waals surface area contributed by atoms with Gasteiger partial charge in [-0.3, -0.25) is 4.79 Å². The minimum Gasteiger partial charge on any atom is -0.481 e. The van der Waals surface area contributed by atoms with Gasteiger partial charge in [-0.2, -0.15) is 21.6 Å². The number of carboxylic acids is 1. The topological polar surface area (TPSA) is 80.7 Å². The summed E-state index contributed by atoms with van der Waals surface area (Å²) in [7, 11) is -5.92. The van der Waals surface area contributed by atoms with E-state index < -0.39 is 32.8 Å². The van der Waals surface area contributed by atoms with Crippen molar-refractivity contribution in [3.63, 3.8) is 0 Å². The Morgan fingerprint density at radius 1 is 1.00 bits per heavy atom. The molecule has 0 amide bonds. The van der Waals surface area contributed by atoms with E-state index in [1.165, 1.54) is 0 Å². The highest BCUT2D eigenvalue weighted by Crippen LogP contribution is 2.46. The molecule has 0 heterocycles. The molecule has 0 aromatic heterocycles. The molecule has 0 fully saturated rings. The molecule has 2 aromatic rings. The first-order chi connectivity index (χ1) is 14.6. The van der Waals surface area contributed by atoms with E-state index in [-0.39, 0.29) is 37.7 Å². The van der Waals surface area contributed by atoms with Gasteiger partial charge in [0.2, 0.25) is 0 Å². The van der Waals surface area contributed by atoms with Crippen molar-refractivity contribution in [1.82, 2.24) is 0 Å². The highest BCUT2D eigenvalue weighted by molar-refractivity contribution is 7.87. The van der Waals surface area contributed by atoms with Gasteiger partial charge in [0.15, 0.2) is 0 Å². The molecule has 2 aromatic carbocycles. The number of benzene rings is 2. The van der Waals surface area contributed by atoms with Crippen molar-refractivity contribution in [2.75, 3.05) is 0 Å². The first-order valence-electron chi connectivity index (χ1n) is 9.60. The Kier molecular flexibility index (Phi) is 6.45. The summed E-state index contributed by atoms with van der Waals surface area (Å²) < 4.78 is 67.0. The van der Waals surface area contributed by atoms with Crippen molar-refractivity contribution >= 4 is 16.1 Å². The second-order valence-corrected chi connectivity index (χ2v) is 8.99. The van der Waals surface area contributed by atoms with E-state index in [2.05, 4.69) is 4.18 Å². The number of aliphatic carboxylic acids is 1. The quantitative estimate of drug-likeness (QED) is 0.478. The number of carboxylic acid groups (broad SMARTS) is 1. The molecule has 31 heavy (non-hydrogen) atoms. The van der Waals surface area contributed by atoms with E-state index in [0.29, 0.717) is 11.1 Å². The van der Waals surface area contributed by atoms with Crippen LogP contribution in [-0.2, 0) is 31.9 Å². The van der Waals surface area contributed by atoms with Gasteiger partial charge >= 0.3 is 21.6 Å². The van der Waals surface area contributed by atoms with Crippen LogP contribution in [0.25, 0.3) is 0 Å². The number of hydrogen-bond acceptors (Lipinski definition) is 4. The Labute approximate surface area is 178 Å². The summed E-state index contributed by atoms with van der Waals surface area (Å²) in [6.07, 6.45) is 0.201. The number of hydrogen-bond donors (Lipinski definition) is 1. The van der Waals surface area contributed by atoms with E-state index >= 15 is 0 Å². The number of allylic oxidation sites excluding steroid dienone is 1. The highest BCUT2D eigenvalue weighted by Gasteiger charge is 2.51. The normalized spacial score (nSPS) is 19.8. The number of rotatable bonds is 7. The molecule has 0 saturated carbocycles. The van der Waals surface area contributed by atoms with Crippen molar-refractivity contribution < 1.29 is 35.7 Å². The SMILES string of the molecule is O=C(O)C1(Cc2ccccc2)CCCC(OS(=O)(=O)C(F)(F)F)=C1Cc1ccccc1. The Hall–Kier alpha value is -2.81. The summed E-state index contributed by atoms with van der Waals surface area (Å²) in [5.41, 5.74) is -5.83. The second-order valence-electron chi connectivity index (χ2n) is 7.45. The maximum Gasteiger partial charge on any atom is 0.534 e. The number of alkyl halides is 3. The number of halogens is 3. The zero-order valence-corrected chi connectivity index (χ0v) is 17.2. The van der Waals surface area contributed by atoms with Crippen LogP contribution in [0, 0.1) is 5.41 Å². The molecule has 9 heteroatoms. The fourth-order valence-electron chi connectivity index (χ4n) is 3.91. The first kappa shape index (κ1) is 22.9. The first-order valence-corrected chi connectivity index (χ1v) is 11.0. The van der Waals surface area contributed by atoms with Gasteiger partial charge in [0.05, 0.1) is 5.41 Å². The highest BCUT2D eigenvalue weighted by atomic mass is 32.2. The molecule has 1 N–H and O–H groups in total. The lowest BCUT2D eigenvalue weighted by molar-refractivity contribution is -0.147. The van der Waals surface area contributed by atoms with Crippen LogP contribution in [0.5, 0.6) is 0 Å². The van der Waals surface area contributed by atoms with Crippen LogP contribution < -0.4 is 0 Å². The standard InChI is InChI=1S/C22H21F3O5S/c23-22(24,25)31(28,29)30-19-12-7-13-21(20(26)27,15-17-10-5-2-6-11-17)18(19)14-16-8-3-1-4-9-16/h1-6,8-11H,7,12-15H2,(H,26,27). The van der Waals surface area contributed by atoms with Crippen LogP contribution in [0.2, 0.25) is 0 Å². The van der Waals surface area contributed by atoms with Crippen molar-refractivity contribution in [1.29, 1.82) is 0 Å². The third-order valence-electron chi connectivity index (χ3n) is 5.40. The molecule has 1 unspecified atom stereocenters. The average molecular weight is 454 g/mol. The van der Waals surface area contributed by atoms with Gasteiger partial charge in [-0.1, -0.05) is 60.7 Å². The fraction of sp³-hybridized carbons (Fsp3) is 0.318. The van der Waals surface area contributed by atoms with Crippen LogP contribution in [0.3, 0.4) is 0 Å². The summed E-state index contributed by atoms with van der Waals surface area (Å²) >= 11 is 0. The molecule has 1 atom stereocenters. The molecule has 0 bridgehead atoms. The van der Waals surface area contributed by atoms with E-state index in [1.54, 1.807) is 60.7 Å². The minimum absolute atomic E-state index is 0.00423. The molecule has 5 nitrogen and oxygen atoms in total. The van der Waals surface area contributed by atoms with E-state index in [9.17, 15) is 31.5 Å². The summed E-state index contributed by atoms with van der Waals surface area (Å²) in [5.74, 6) is -1.67.